The first kappa shape index (κ1) is 57.2. The fraction of sp³-hybridized carbons (Fsp3) is 0.600. The number of fused-ring (bicyclic) bond motifs is 5. The van der Waals surface area contributed by atoms with Gasteiger partial charge >= 0.3 is 0 Å². The molecule has 1 aliphatic heterocycles. The van der Waals surface area contributed by atoms with Crippen LogP contribution in [0.1, 0.15) is 128 Å². The van der Waals surface area contributed by atoms with E-state index in [9.17, 15) is 53.7 Å². The molecule has 0 spiro atoms. The van der Waals surface area contributed by atoms with Gasteiger partial charge in [0.2, 0.25) is 41.4 Å². The van der Waals surface area contributed by atoms with E-state index in [1.807, 2.05) is 0 Å². The first-order valence-corrected chi connectivity index (χ1v) is 24.3. The van der Waals surface area contributed by atoms with Crippen LogP contribution in [-0.4, -0.2) is 144 Å². The van der Waals surface area contributed by atoms with Gasteiger partial charge in [0.15, 0.2) is 0 Å². The highest BCUT2D eigenvalue weighted by Gasteiger charge is 2.34. The highest BCUT2D eigenvalue weighted by atomic mass is 16.5. The maximum atomic E-state index is 14.2. The van der Waals surface area contributed by atoms with E-state index < -0.39 is 78.8 Å². The molecule has 0 unspecified atom stereocenters. The van der Waals surface area contributed by atoms with Crippen molar-refractivity contribution in [2.24, 2.45) is 0 Å². The van der Waals surface area contributed by atoms with Crippen LogP contribution in [0.15, 0.2) is 36.4 Å². The van der Waals surface area contributed by atoms with Crippen molar-refractivity contribution in [1.82, 2.24) is 36.4 Å². The SMILES string of the molecule is CCCCCCCCCCCCCCCC(=O)N(C)[C@H](CO)C(=O)N[C@H](C)C(=O)NCC(=O)N(C)[C@@H]1C(=O)N[C@@H](C)C(=O)N[C@H](C(=O)NCC=O)Cc2ccc(O)c(c2)-c2cc1ccc2OCCO. The Bertz CT molecular complexity index is 2030. The second kappa shape index (κ2) is 30.4. The number of hydrogen-bond donors (Lipinski definition) is 8. The van der Waals surface area contributed by atoms with Gasteiger partial charge in [-0.3, -0.25) is 33.6 Å². The number of aldehydes is 1. The fourth-order valence-electron chi connectivity index (χ4n) is 8.04. The van der Waals surface area contributed by atoms with Gasteiger partial charge in [-0.15, -0.1) is 0 Å². The number of hydrogen-bond acceptors (Lipinski definition) is 12. The molecule has 5 atom stereocenters. The second-order valence-electron chi connectivity index (χ2n) is 17.6. The first-order chi connectivity index (χ1) is 33.1. The van der Waals surface area contributed by atoms with E-state index in [1.54, 1.807) is 12.1 Å². The lowest BCUT2D eigenvalue weighted by Crippen LogP contribution is -2.56. The van der Waals surface area contributed by atoms with Gasteiger partial charge < -0.3 is 61.2 Å². The lowest BCUT2D eigenvalue weighted by molar-refractivity contribution is -0.142. The number of aliphatic hydroxyl groups is 2. The van der Waals surface area contributed by atoms with Crippen LogP contribution in [0.2, 0.25) is 0 Å². The van der Waals surface area contributed by atoms with Crippen LogP contribution in [0.4, 0.5) is 0 Å². The number of phenolic OH excluding ortho intramolecular Hbond substituents is 1. The summed E-state index contributed by atoms with van der Waals surface area (Å²) in [7, 11) is 2.72. The molecule has 0 saturated heterocycles. The Morgan fingerprint density at radius 1 is 0.812 bits per heavy atom. The van der Waals surface area contributed by atoms with Crippen LogP contribution in [-0.2, 0) is 44.8 Å². The van der Waals surface area contributed by atoms with Crippen molar-refractivity contribution in [2.45, 2.75) is 147 Å². The lowest BCUT2D eigenvalue weighted by atomic mass is 9.93. The van der Waals surface area contributed by atoms with Crippen molar-refractivity contribution in [2.75, 3.05) is 47.0 Å². The zero-order chi connectivity index (χ0) is 50.9. The molecule has 382 valence electrons. The van der Waals surface area contributed by atoms with Gasteiger partial charge in [-0.25, -0.2) is 0 Å². The molecule has 3 rings (SSSR count). The highest BCUT2D eigenvalue weighted by molar-refractivity contribution is 5.97. The summed E-state index contributed by atoms with van der Waals surface area (Å²) < 4.78 is 5.79. The van der Waals surface area contributed by atoms with Gasteiger partial charge in [-0.1, -0.05) is 96.1 Å². The zero-order valence-electron chi connectivity index (χ0n) is 41.0. The monoisotopic (exact) mass is 966 g/mol. The van der Waals surface area contributed by atoms with Gasteiger partial charge in [0.1, 0.15) is 54.6 Å². The van der Waals surface area contributed by atoms with E-state index in [2.05, 4.69) is 33.5 Å². The molecule has 0 radical (unpaired) electrons. The topological polar surface area (TPSA) is 273 Å². The average molecular weight is 966 g/mol. The van der Waals surface area contributed by atoms with Crippen molar-refractivity contribution in [1.29, 1.82) is 0 Å². The van der Waals surface area contributed by atoms with Crippen LogP contribution < -0.4 is 31.3 Å². The summed E-state index contributed by atoms with van der Waals surface area (Å²) in [5, 5.41) is 43.3. The summed E-state index contributed by atoms with van der Waals surface area (Å²) in [5.74, 6) is -4.95. The number of amides is 7. The highest BCUT2D eigenvalue weighted by Crippen LogP contribution is 2.39. The molecule has 4 bridgehead atoms. The minimum Gasteiger partial charge on any atom is -0.507 e. The number of likely N-dealkylation sites (N-methyl/N-ethyl adjacent to an activating group) is 2. The molecule has 1 aliphatic rings. The smallest absolute Gasteiger partial charge is 0.248 e. The summed E-state index contributed by atoms with van der Waals surface area (Å²) in [6, 6.07) is 2.53. The maximum absolute atomic E-state index is 14.2. The number of nitrogens with zero attached hydrogens (tertiary/aromatic N) is 2. The second-order valence-corrected chi connectivity index (χ2v) is 17.6. The Kier molecular flexibility index (Phi) is 25.2. The molecule has 8 N–H and O–H groups in total. The number of rotatable bonds is 28. The zero-order valence-corrected chi connectivity index (χ0v) is 41.0. The fourth-order valence-corrected chi connectivity index (χ4v) is 8.04. The lowest BCUT2D eigenvalue weighted by Gasteiger charge is -2.30. The third-order valence-electron chi connectivity index (χ3n) is 12.2. The van der Waals surface area contributed by atoms with Gasteiger partial charge in [0.05, 0.1) is 26.3 Å². The van der Waals surface area contributed by atoms with Crippen LogP contribution >= 0.6 is 0 Å². The molecule has 19 heteroatoms. The Hall–Kier alpha value is -6.08. The van der Waals surface area contributed by atoms with Crippen molar-refractivity contribution >= 4 is 47.6 Å². The van der Waals surface area contributed by atoms with E-state index in [4.69, 9.17) is 4.74 Å². The van der Waals surface area contributed by atoms with Gasteiger partial charge in [0, 0.05) is 38.1 Å². The third kappa shape index (κ3) is 18.4. The van der Waals surface area contributed by atoms with E-state index in [0.717, 1.165) is 24.2 Å². The number of carbonyl (C=O) groups is 8. The van der Waals surface area contributed by atoms with E-state index in [1.165, 1.54) is 115 Å². The number of unbranched alkanes of at least 4 members (excludes halogenated alkanes) is 12. The van der Waals surface area contributed by atoms with Gasteiger partial charge in [0.25, 0.3) is 0 Å². The predicted octanol–water partition coefficient (Wildman–Crippen LogP) is 2.71. The molecular weight excluding hydrogens is 891 g/mol. The summed E-state index contributed by atoms with van der Waals surface area (Å²) in [6.45, 7) is 2.81. The maximum Gasteiger partial charge on any atom is 0.248 e. The third-order valence-corrected chi connectivity index (χ3v) is 12.2. The molecule has 0 aromatic heterocycles. The molecule has 0 fully saturated rings. The summed E-state index contributed by atoms with van der Waals surface area (Å²) in [4.78, 5) is 107. The average Bonchev–Trinajstić information content (AvgIpc) is 3.33. The van der Waals surface area contributed by atoms with Crippen molar-refractivity contribution in [3.05, 3.63) is 47.5 Å². The predicted molar refractivity (Wildman–Crippen MR) is 259 cm³/mol. The van der Waals surface area contributed by atoms with Crippen LogP contribution in [0, 0.1) is 0 Å². The molecule has 0 aliphatic carbocycles. The van der Waals surface area contributed by atoms with Crippen LogP contribution in [0.25, 0.3) is 11.1 Å². The summed E-state index contributed by atoms with van der Waals surface area (Å²) >= 11 is 0. The van der Waals surface area contributed by atoms with Crippen molar-refractivity contribution in [3.63, 3.8) is 0 Å². The molecule has 1 heterocycles. The minimum absolute atomic E-state index is 0.0803. The number of nitrogens with one attached hydrogen (secondary N) is 5. The Morgan fingerprint density at radius 3 is 2.06 bits per heavy atom. The van der Waals surface area contributed by atoms with Gasteiger partial charge in [-0.05, 0) is 55.7 Å². The van der Waals surface area contributed by atoms with Crippen LogP contribution in [0.3, 0.4) is 0 Å². The molecule has 2 aromatic rings. The number of carbonyl (C=O) groups excluding carboxylic acids is 8. The van der Waals surface area contributed by atoms with E-state index in [-0.39, 0.29) is 66.7 Å². The normalized spacial score (nSPS) is 16.7. The standard InChI is InChI=1S/C50H75N7O12/c1-6-7-8-9-10-11-12-13-14-15-16-17-18-19-43(62)56(4)40(32-60)49(67)53-33(2)46(64)52-31-44(63)57(5)45-36-21-23-42(69-27-26-59)38(30-36)37-28-35(20-22-41(37)61)29-39(48(66)51-24-25-58)55-47(65)34(3)54-50(45)68/h20-23,25,28,30,33-34,39-40,45,59-61H,6-19,24,26-27,29,31-32H2,1-5H3,(H,51,66)(H,52,64)(H,53,67)(H,54,68)(H,55,65)/t33-,34+,39+,40-,45+/m1/s1. The van der Waals surface area contributed by atoms with Crippen molar-refractivity contribution < 1.29 is 58.4 Å². The Balaban J connectivity index is 1.69. The largest absolute Gasteiger partial charge is 0.507 e. The molecule has 69 heavy (non-hydrogen) atoms. The number of ether oxygens (including phenoxy) is 1. The molecular formula is C50H75N7O12. The molecule has 0 saturated carbocycles. The summed E-state index contributed by atoms with van der Waals surface area (Å²) in [6.07, 6.45) is 15.7. The minimum atomic E-state index is -1.47. The van der Waals surface area contributed by atoms with E-state index >= 15 is 0 Å². The molecule has 2 aromatic carbocycles. The van der Waals surface area contributed by atoms with Crippen molar-refractivity contribution in [3.8, 4) is 22.6 Å². The number of aromatic hydroxyl groups is 1. The van der Waals surface area contributed by atoms with Crippen LogP contribution in [0.5, 0.6) is 11.5 Å². The summed E-state index contributed by atoms with van der Waals surface area (Å²) in [5.41, 5.74) is 1.13. The number of benzene rings is 2. The molecule has 19 nitrogen and oxygen atoms in total. The van der Waals surface area contributed by atoms with Gasteiger partial charge in [-0.2, -0.15) is 0 Å². The Labute approximate surface area is 405 Å². The molecule has 7 amide bonds. The first-order valence-electron chi connectivity index (χ1n) is 24.3. The number of phenols is 1. The Morgan fingerprint density at radius 2 is 1.45 bits per heavy atom. The number of aliphatic hydroxyl groups excluding tert-OH is 2. The van der Waals surface area contributed by atoms with E-state index in [0.29, 0.717) is 18.3 Å². The quantitative estimate of drug-likeness (QED) is 0.0452.